The van der Waals surface area contributed by atoms with E-state index in [1.54, 1.807) is 12.1 Å². The molecule has 0 amide bonds. The van der Waals surface area contributed by atoms with Gasteiger partial charge in [-0.25, -0.2) is 0 Å². The molecule has 34 heavy (non-hydrogen) atoms. The van der Waals surface area contributed by atoms with Gasteiger partial charge in [-0.05, 0) is 75.0 Å². The van der Waals surface area contributed by atoms with Gasteiger partial charge in [-0.15, -0.1) is 0 Å². The zero-order valence-corrected chi connectivity index (χ0v) is 18.7. The first-order chi connectivity index (χ1) is 16.4. The molecule has 0 saturated heterocycles. The molecule has 1 unspecified atom stereocenters. The van der Waals surface area contributed by atoms with Crippen LogP contribution in [0.1, 0.15) is 29.7 Å². The first-order valence-corrected chi connectivity index (χ1v) is 11.3. The Kier molecular flexibility index (Phi) is 5.84. The Morgan fingerprint density at radius 2 is 1.35 bits per heavy atom. The molecular formula is C30H24F3N. The molecule has 0 spiro atoms. The summed E-state index contributed by atoms with van der Waals surface area (Å²) in [6, 6.07) is 32.5. The summed E-state index contributed by atoms with van der Waals surface area (Å²) in [7, 11) is 0. The van der Waals surface area contributed by atoms with Gasteiger partial charge in [0.25, 0.3) is 0 Å². The summed E-state index contributed by atoms with van der Waals surface area (Å²) in [4.78, 5) is 0. The topological polar surface area (TPSA) is 12.0 Å². The Labute approximate surface area is 196 Å². The van der Waals surface area contributed by atoms with Crippen molar-refractivity contribution in [3.63, 3.8) is 0 Å². The van der Waals surface area contributed by atoms with E-state index in [0.717, 1.165) is 39.6 Å². The molecular weight excluding hydrogens is 431 g/mol. The minimum Gasteiger partial charge on any atom is -0.306 e. The summed E-state index contributed by atoms with van der Waals surface area (Å²) < 4.78 is 39.1. The van der Waals surface area contributed by atoms with Crippen molar-refractivity contribution in [3.8, 4) is 11.1 Å². The summed E-state index contributed by atoms with van der Waals surface area (Å²) in [6.07, 6.45) is -4.34. The molecule has 1 atom stereocenters. The quantitative estimate of drug-likeness (QED) is 0.280. The average molecular weight is 456 g/mol. The molecule has 1 nitrogen and oxygen atoms in total. The number of rotatable bonds is 5. The second kappa shape index (κ2) is 8.96. The summed E-state index contributed by atoms with van der Waals surface area (Å²) in [5, 5.41) is 8.16. The fourth-order valence-electron chi connectivity index (χ4n) is 4.56. The molecule has 0 aromatic heterocycles. The maximum absolute atomic E-state index is 13.0. The Morgan fingerprint density at radius 1 is 0.706 bits per heavy atom. The maximum atomic E-state index is 13.0. The number of nitrogens with one attached hydrogen (secondary N) is 1. The number of halogens is 3. The van der Waals surface area contributed by atoms with Crippen LogP contribution in [0.5, 0.6) is 0 Å². The fourth-order valence-corrected chi connectivity index (χ4v) is 4.56. The van der Waals surface area contributed by atoms with Crippen molar-refractivity contribution in [2.75, 3.05) is 0 Å². The lowest BCUT2D eigenvalue weighted by Gasteiger charge is -2.18. The van der Waals surface area contributed by atoms with Crippen molar-refractivity contribution in [1.82, 2.24) is 5.32 Å². The van der Waals surface area contributed by atoms with Crippen molar-refractivity contribution < 1.29 is 13.2 Å². The first kappa shape index (κ1) is 22.2. The van der Waals surface area contributed by atoms with Crippen LogP contribution in [0, 0.1) is 0 Å². The molecule has 5 aromatic rings. The van der Waals surface area contributed by atoms with Crippen LogP contribution >= 0.6 is 0 Å². The standard InChI is InChI=1S/C30H24F3N/c1-20(26-12-6-9-22-7-2-4-10-27(22)26)34-19-21-17-24-8-3-5-11-28(24)29(18-21)23-13-15-25(16-14-23)30(31,32)33/h2-18,20,34H,19H2,1H3. The van der Waals surface area contributed by atoms with E-state index in [2.05, 4.69) is 60.8 Å². The van der Waals surface area contributed by atoms with Crippen LogP contribution < -0.4 is 5.32 Å². The van der Waals surface area contributed by atoms with Crippen LogP contribution in [-0.4, -0.2) is 0 Å². The Morgan fingerprint density at radius 3 is 2.09 bits per heavy atom. The van der Waals surface area contributed by atoms with Gasteiger partial charge >= 0.3 is 6.18 Å². The Balaban J connectivity index is 1.46. The molecule has 1 N–H and O–H groups in total. The average Bonchev–Trinajstić information content (AvgIpc) is 2.86. The molecule has 0 heterocycles. The van der Waals surface area contributed by atoms with Gasteiger partial charge in [-0.3, -0.25) is 0 Å². The van der Waals surface area contributed by atoms with Crippen LogP contribution in [0.3, 0.4) is 0 Å². The van der Waals surface area contributed by atoms with E-state index in [0.29, 0.717) is 6.54 Å². The minimum atomic E-state index is -4.34. The molecule has 0 bridgehead atoms. The van der Waals surface area contributed by atoms with Crippen LogP contribution in [-0.2, 0) is 12.7 Å². The van der Waals surface area contributed by atoms with Crippen molar-refractivity contribution >= 4 is 21.5 Å². The number of fused-ring (bicyclic) bond motifs is 2. The predicted molar refractivity (Wildman–Crippen MR) is 134 cm³/mol. The van der Waals surface area contributed by atoms with Crippen LogP contribution in [0.4, 0.5) is 13.2 Å². The van der Waals surface area contributed by atoms with Gasteiger partial charge < -0.3 is 5.32 Å². The third kappa shape index (κ3) is 4.42. The van der Waals surface area contributed by atoms with Gasteiger partial charge in [0.2, 0.25) is 0 Å². The molecule has 0 aliphatic carbocycles. The van der Waals surface area contributed by atoms with E-state index >= 15 is 0 Å². The second-order valence-corrected chi connectivity index (χ2v) is 8.61. The minimum absolute atomic E-state index is 0.132. The van der Waals surface area contributed by atoms with E-state index in [1.165, 1.54) is 16.3 Å². The fraction of sp³-hybridized carbons (Fsp3) is 0.133. The molecule has 0 radical (unpaired) electrons. The van der Waals surface area contributed by atoms with Gasteiger partial charge in [0.05, 0.1) is 5.56 Å². The smallest absolute Gasteiger partial charge is 0.306 e. The lowest BCUT2D eigenvalue weighted by atomic mass is 9.94. The van der Waals surface area contributed by atoms with Gasteiger partial charge in [0.15, 0.2) is 0 Å². The third-order valence-corrected chi connectivity index (χ3v) is 6.35. The van der Waals surface area contributed by atoms with Crippen LogP contribution in [0.25, 0.3) is 32.7 Å². The van der Waals surface area contributed by atoms with Crippen molar-refractivity contribution in [2.45, 2.75) is 25.7 Å². The van der Waals surface area contributed by atoms with Gasteiger partial charge in [-0.2, -0.15) is 13.2 Å². The number of hydrogen-bond donors (Lipinski definition) is 1. The summed E-state index contributed by atoms with van der Waals surface area (Å²) in [5.74, 6) is 0. The van der Waals surface area contributed by atoms with Crippen molar-refractivity contribution in [2.24, 2.45) is 0 Å². The molecule has 5 rings (SSSR count). The highest BCUT2D eigenvalue weighted by molar-refractivity contribution is 5.97. The van der Waals surface area contributed by atoms with E-state index in [4.69, 9.17) is 0 Å². The van der Waals surface area contributed by atoms with Crippen molar-refractivity contribution in [3.05, 3.63) is 120 Å². The highest BCUT2D eigenvalue weighted by Crippen LogP contribution is 2.34. The zero-order chi connectivity index (χ0) is 23.7. The highest BCUT2D eigenvalue weighted by atomic mass is 19.4. The van der Waals surface area contributed by atoms with E-state index in [9.17, 15) is 13.2 Å². The summed E-state index contributed by atoms with van der Waals surface area (Å²) in [6.45, 7) is 2.79. The highest BCUT2D eigenvalue weighted by Gasteiger charge is 2.30. The Hall–Kier alpha value is -3.63. The van der Waals surface area contributed by atoms with Crippen molar-refractivity contribution in [1.29, 1.82) is 0 Å². The van der Waals surface area contributed by atoms with E-state index in [1.807, 2.05) is 30.3 Å². The largest absolute Gasteiger partial charge is 0.416 e. The molecule has 4 heteroatoms. The number of hydrogen-bond acceptors (Lipinski definition) is 1. The second-order valence-electron chi connectivity index (χ2n) is 8.61. The van der Waals surface area contributed by atoms with Crippen LogP contribution in [0.2, 0.25) is 0 Å². The summed E-state index contributed by atoms with van der Waals surface area (Å²) >= 11 is 0. The van der Waals surface area contributed by atoms with E-state index in [-0.39, 0.29) is 6.04 Å². The maximum Gasteiger partial charge on any atom is 0.416 e. The molecule has 5 aromatic carbocycles. The van der Waals surface area contributed by atoms with Crippen LogP contribution in [0.15, 0.2) is 103 Å². The normalized spacial score (nSPS) is 12.8. The molecule has 0 saturated carbocycles. The predicted octanol–water partition coefficient (Wildman–Crippen LogP) is 8.53. The van der Waals surface area contributed by atoms with Gasteiger partial charge in [-0.1, -0.05) is 78.9 Å². The molecule has 170 valence electrons. The zero-order valence-electron chi connectivity index (χ0n) is 18.7. The monoisotopic (exact) mass is 455 g/mol. The first-order valence-electron chi connectivity index (χ1n) is 11.3. The lowest BCUT2D eigenvalue weighted by Crippen LogP contribution is -2.18. The molecule has 0 aliphatic rings. The lowest BCUT2D eigenvalue weighted by molar-refractivity contribution is -0.137. The number of benzene rings is 5. The third-order valence-electron chi connectivity index (χ3n) is 6.35. The van der Waals surface area contributed by atoms with E-state index < -0.39 is 11.7 Å². The molecule has 0 fully saturated rings. The molecule has 0 aliphatic heterocycles. The summed E-state index contributed by atoms with van der Waals surface area (Å²) in [5.41, 5.74) is 3.39. The Bertz CT molecular complexity index is 1450. The number of alkyl halides is 3. The SMILES string of the molecule is CC(NCc1cc(-c2ccc(C(F)(F)F)cc2)c2ccccc2c1)c1cccc2ccccc12. The van der Waals surface area contributed by atoms with Gasteiger partial charge in [0, 0.05) is 12.6 Å². The van der Waals surface area contributed by atoms with Gasteiger partial charge in [0.1, 0.15) is 0 Å².